The molecule has 0 fully saturated rings. The number of para-hydroxylation sites is 1. The number of fused-ring (bicyclic) bond motifs is 1. The highest BCUT2D eigenvalue weighted by Gasteiger charge is 2.06. The molecule has 3 N–H and O–H groups in total. The number of hydrogen-bond acceptors (Lipinski definition) is 2. The summed E-state index contributed by atoms with van der Waals surface area (Å²) in [6.45, 7) is 0. The van der Waals surface area contributed by atoms with Crippen molar-refractivity contribution in [2.45, 2.75) is 6.42 Å². The van der Waals surface area contributed by atoms with Crippen LogP contribution in [0.1, 0.15) is 5.56 Å². The second-order valence-corrected chi connectivity index (χ2v) is 3.33. The molecule has 0 saturated heterocycles. The van der Waals surface area contributed by atoms with Gasteiger partial charge in [-0.2, -0.15) is 0 Å². The molecule has 4 nitrogen and oxygen atoms in total. The van der Waals surface area contributed by atoms with E-state index in [1.54, 1.807) is 12.1 Å². The van der Waals surface area contributed by atoms with Crippen molar-refractivity contribution in [1.82, 2.24) is 4.98 Å². The fourth-order valence-electron chi connectivity index (χ4n) is 1.53. The number of amides is 1. The molecular formula is C11H10N2O2. The zero-order chi connectivity index (χ0) is 10.8. The zero-order valence-electron chi connectivity index (χ0n) is 7.99. The Morgan fingerprint density at radius 1 is 1.33 bits per heavy atom. The lowest BCUT2D eigenvalue weighted by Gasteiger charge is -2.00. The first-order valence-corrected chi connectivity index (χ1v) is 4.56. The Labute approximate surface area is 85.7 Å². The van der Waals surface area contributed by atoms with Gasteiger partial charge in [0.15, 0.2) is 5.43 Å². The van der Waals surface area contributed by atoms with E-state index in [9.17, 15) is 9.59 Å². The minimum atomic E-state index is -0.504. The normalized spacial score (nSPS) is 10.4. The van der Waals surface area contributed by atoms with Crippen molar-refractivity contribution in [2.24, 2.45) is 5.73 Å². The van der Waals surface area contributed by atoms with Crippen LogP contribution in [0.25, 0.3) is 10.9 Å². The van der Waals surface area contributed by atoms with Crippen LogP contribution in [-0.2, 0) is 11.2 Å². The lowest BCUT2D eigenvalue weighted by Crippen LogP contribution is -2.20. The van der Waals surface area contributed by atoms with Crippen LogP contribution in [0.4, 0.5) is 0 Å². The lowest BCUT2D eigenvalue weighted by molar-refractivity contribution is -0.117. The Kier molecular flexibility index (Phi) is 2.25. The van der Waals surface area contributed by atoms with Gasteiger partial charge in [0.05, 0.1) is 6.42 Å². The van der Waals surface area contributed by atoms with E-state index in [1.807, 2.05) is 12.1 Å². The second kappa shape index (κ2) is 3.57. The van der Waals surface area contributed by atoms with Crippen LogP contribution < -0.4 is 11.2 Å². The number of pyridine rings is 1. The van der Waals surface area contributed by atoms with E-state index in [2.05, 4.69) is 4.98 Å². The van der Waals surface area contributed by atoms with E-state index in [0.29, 0.717) is 10.9 Å². The van der Waals surface area contributed by atoms with Crippen LogP contribution in [0.3, 0.4) is 0 Å². The number of H-pyrrole nitrogens is 1. The van der Waals surface area contributed by atoms with Crippen LogP contribution in [0, 0.1) is 0 Å². The van der Waals surface area contributed by atoms with Crippen molar-refractivity contribution in [3.8, 4) is 0 Å². The maximum atomic E-state index is 11.8. The number of primary amides is 1. The molecule has 1 aromatic heterocycles. The third kappa shape index (κ3) is 1.74. The summed E-state index contributed by atoms with van der Waals surface area (Å²) in [5, 5.41) is 0.580. The number of aromatic amines is 1. The van der Waals surface area contributed by atoms with Crippen molar-refractivity contribution in [1.29, 1.82) is 0 Å². The summed E-state index contributed by atoms with van der Waals surface area (Å²) in [5.41, 5.74) is 6.07. The largest absolute Gasteiger partial charge is 0.369 e. The monoisotopic (exact) mass is 202 g/mol. The summed E-state index contributed by atoms with van der Waals surface area (Å²) in [6.07, 6.45) is 1.51. The molecule has 15 heavy (non-hydrogen) atoms. The standard InChI is InChI=1S/C11H10N2O2/c12-10(14)5-7-6-13-9-4-2-1-3-8(9)11(7)15/h1-4,6H,5H2,(H2,12,14)(H,13,15). The first kappa shape index (κ1) is 9.45. The van der Waals surface area contributed by atoms with Gasteiger partial charge in [0.2, 0.25) is 5.91 Å². The molecule has 2 aromatic rings. The Balaban J connectivity index is 2.65. The predicted octanol–water partition coefficient (Wildman–Crippen LogP) is 0.556. The number of nitrogens with one attached hydrogen (secondary N) is 1. The summed E-state index contributed by atoms with van der Waals surface area (Å²) >= 11 is 0. The van der Waals surface area contributed by atoms with Gasteiger partial charge >= 0.3 is 0 Å². The average Bonchev–Trinajstić information content (AvgIpc) is 2.22. The molecule has 0 spiro atoms. The van der Waals surface area contributed by atoms with Crippen molar-refractivity contribution in [2.75, 3.05) is 0 Å². The molecule has 4 heteroatoms. The van der Waals surface area contributed by atoms with Gasteiger partial charge in [-0.05, 0) is 12.1 Å². The third-order valence-corrected chi connectivity index (χ3v) is 2.23. The molecule has 0 aliphatic rings. The second-order valence-electron chi connectivity index (χ2n) is 3.33. The first-order valence-electron chi connectivity index (χ1n) is 4.56. The predicted molar refractivity (Wildman–Crippen MR) is 57.5 cm³/mol. The fourth-order valence-corrected chi connectivity index (χ4v) is 1.53. The molecule has 0 radical (unpaired) electrons. The van der Waals surface area contributed by atoms with Crippen LogP contribution in [-0.4, -0.2) is 10.9 Å². The molecule has 76 valence electrons. The van der Waals surface area contributed by atoms with Gasteiger partial charge in [-0.15, -0.1) is 0 Å². The van der Waals surface area contributed by atoms with Crippen LogP contribution >= 0.6 is 0 Å². The van der Waals surface area contributed by atoms with Gasteiger partial charge in [-0.25, -0.2) is 0 Å². The van der Waals surface area contributed by atoms with Crippen molar-refractivity contribution >= 4 is 16.8 Å². The summed E-state index contributed by atoms with van der Waals surface area (Å²) < 4.78 is 0. The van der Waals surface area contributed by atoms with E-state index in [1.165, 1.54) is 6.20 Å². The van der Waals surface area contributed by atoms with Crippen LogP contribution in [0.2, 0.25) is 0 Å². The van der Waals surface area contributed by atoms with Crippen LogP contribution in [0.5, 0.6) is 0 Å². The van der Waals surface area contributed by atoms with E-state index in [-0.39, 0.29) is 11.8 Å². The molecule has 0 aliphatic carbocycles. The van der Waals surface area contributed by atoms with Crippen molar-refractivity contribution < 1.29 is 4.79 Å². The number of benzene rings is 1. The summed E-state index contributed by atoms with van der Waals surface area (Å²) in [7, 11) is 0. The number of aromatic nitrogens is 1. The quantitative estimate of drug-likeness (QED) is 0.746. The molecule has 1 heterocycles. The SMILES string of the molecule is NC(=O)Cc1c[nH]c2ccccc2c1=O. The van der Waals surface area contributed by atoms with Gasteiger partial charge in [-0.3, -0.25) is 9.59 Å². The molecule has 0 saturated carbocycles. The number of carbonyl (C=O) groups excluding carboxylic acids is 1. The highest BCUT2D eigenvalue weighted by molar-refractivity contribution is 5.81. The Morgan fingerprint density at radius 3 is 2.80 bits per heavy atom. The van der Waals surface area contributed by atoms with Gasteiger partial charge in [-0.1, -0.05) is 12.1 Å². The molecule has 0 bridgehead atoms. The average molecular weight is 202 g/mol. The van der Waals surface area contributed by atoms with Crippen LogP contribution in [0.15, 0.2) is 35.3 Å². The molecule has 0 aliphatic heterocycles. The number of carbonyl (C=O) groups is 1. The summed E-state index contributed by atoms with van der Waals surface area (Å²) in [4.78, 5) is 25.5. The number of hydrogen-bond donors (Lipinski definition) is 2. The minimum Gasteiger partial charge on any atom is -0.369 e. The summed E-state index contributed by atoms with van der Waals surface area (Å²) in [6, 6.07) is 7.15. The van der Waals surface area contributed by atoms with Gasteiger partial charge < -0.3 is 10.7 Å². The maximum absolute atomic E-state index is 11.8. The van der Waals surface area contributed by atoms with E-state index in [4.69, 9.17) is 5.73 Å². The van der Waals surface area contributed by atoms with Gasteiger partial charge in [0.25, 0.3) is 0 Å². The van der Waals surface area contributed by atoms with Gasteiger partial charge in [0, 0.05) is 22.7 Å². The number of rotatable bonds is 2. The Bertz CT molecular complexity index is 572. The Hall–Kier alpha value is -2.10. The maximum Gasteiger partial charge on any atom is 0.222 e. The molecule has 0 unspecified atom stereocenters. The van der Waals surface area contributed by atoms with Crippen molar-refractivity contribution in [3.05, 3.63) is 46.2 Å². The zero-order valence-corrected chi connectivity index (χ0v) is 7.99. The topological polar surface area (TPSA) is 76.0 Å². The molecule has 1 amide bonds. The lowest BCUT2D eigenvalue weighted by atomic mass is 10.1. The van der Waals surface area contributed by atoms with E-state index >= 15 is 0 Å². The smallest absolute Gasteiger partial charge is 0.222 e. The molecular weight excluding hydrogens is 192 g/mol. The fraction of sp³-hybridized carbons (Fsp3) is 0.0909. The highest BCUT2D eigenvalue weighted by Crippen LogP contribution is 2.06. The first-order chi connectivity index (χ1) is 7.18. The van der Waals surface area contributed by atoms with Crippen molar-refractivity contribution in [3.63, 3.8) is 0 Å². The van der Waals surface area contributed by atoms with E-state index < -0.39 is 5.91 Å². The highest BCUT2D eigenvalue weighted by atomic mass is 16.1. The van der Waals surface area contributed by atoms with Gasteiger partial charge in [0.1, 0.15) is 0 Å². The molecule has 0 atom stereocenters. The molecule has 1 aromatic carbocycles. The minimum absolute atomic E-state index is 0.0276. The summed E-state index contributed by atoms with van der Waals surface area (Å²) in [5.74, 6) is -0.504. The third-order valence-electron chi connectivity index (χ3n) is 2.23. The number of nitrogens with two attached hydrogens (primary N) is 1. The Morgan fingerprint density at radius 2 is 2.07 bits per heavy atom. The van der Waals surface area contributed by atoms with E-state index in [0.717, 1.165) is 5.52 Å². The molecule has 2 rings (SSSR count).